The molecule has 0 aliphatic carbocycles. The molecule has 0 aromatic heterocycles. The minimum atomic E-state index is -4.51. The summed E-state index contributed by atoms with van der Waals surface area (Å²) in [6.45, 7) is 6.63. The minimum Gasteiger partial charge on any atom is -0.495 e. The van der Waals surface area contributed by atoms with Crippen LogP contribution in [-0.4, -0.2) is 102 Å². The summed E-state index contributed by atoms with van der Waals surface area (Å²) in [5, 5.41) is 5.19. The lowest BCUT2D eigenvalue weighted by molar-refractivity contribution is 0.0729. The maximum absolute atomic E-state index is 13.6. The molecule has 2 amide bonds. The largest absolute Gasteiger partial charge is 0.495 e. The van der Waals surface area contributed by atoms with E-state index in [1.165, 1.54) is 118 Å². The van der Waals surface area contributed by atoms with E-state index in [1.54, 1.807) is 0 Å². The second-order valence-electron chi connectivity index (χ2n) is 14.1. The van der Waals surface area contributed by atoms with Crippen molar-refractivity contribution < 1.29 is 61.1 Å². The third-order valence-electron chi connectivity index (χ3n) is 8.72. The first-order valence-electron chi connectivity index (χ1n) is 18.5. The second-order valence-corrected chi connectivity index (χ2v) is 21.1. The van der Waals surface area contributed by atoms with E-state index in [1.807, 2.05) is 0 Å². The van der Waals surface area contributed by atoms with Crippen LogP contribution in [0, 0.1) is 0 Å². The van der Waals surface area contributed by atoms with Crippen LogP contribution in [0.25, 0.3) is 12.2 Å². The van der Waals surface area contributed by atoms with Crippen molar-refractivity contribution in [2.45, 2.75) is 59.5 Å². The lowest BCUT2D eigenvalue weighted by Crippen LogP contribution is -2.40. The molecule has 1 aliphatic heterocycles. The van der Waals surface area contributed by atoms with Crippen LogP contribution >= 0.6 is 0 Å². The third kappa shape index (κ3) is 11.7. The van der Waals surface area contributed by atoms with Crippen LogP contribution in [0.5, 0.6) is 5.75 Å². The zero-order chi connectivity index (χ0) is 44.9. The highest BCUT2D eigenvalue weighted by atomic mass is 32.2. The first-order chi connectivity index (χ1) is 28.5. The molecule has 1 fully saturated rings. The van der Waals surface area contributed by atoms with Crippen LogP contribution in [0.2, 0.25) is 0 Å². The Morgan fingerprint density at radius 2 is 1.10 bits per heavy atom. The fourth-order valence-corrected chi connectivity index (χ4v) is 10.8. The van der Waals surface area contributed by atoms with Gasteiger partial charge in [-0.25, -0.2) is 16.8 Å². The van der Waals surface area contributed by atoms with Gasteiger partial charge in [0.05, 0.1) is 37.4 Å². The molecular weight excluding hydrogens is 875 g/mol. The molecule has 4 aromatic rings. The molecule has 4 aromatic carbocycles. The van der Waals surface area contributed by atoms with Gasteiger partial charge in [-0.1, -0.05) is 24.3 Å². The highest BCUT2D eigenvalue weighted by Gasteiger charge is 2.31. The summed E-state index contributed by atoms with van der Waals surface area (Å²) in [6.07, 6.45) is 2.09. The maximum Gasteiger partial charge on any atom is 0.297 e. The molecule has 21 heteroatoms. The topological polar surface area (TPSA) is 235 Å². The van der Waals surface area contributed by atoms with E-state index in [4.69, 9.17) is 17.8 Å². The summed E-state index contributed by atoms with van der Waals surface area (Å²) in [6, 6.07) is 16.8. The van der Waals surface area contributed by atoms with Gasteiger partial charge >= 0.3 is 0 Å². The Kier molecular flexibility index (Phi) is 14.6. The first-order valence-corrected chi connectivity index (χ1v) is 24.7. The van der Waals surface area contributed by atoms with Crippen LogP contribution in [-0.2, 0) is 53.2 Å². The number of carbonyl (C=O) groups excluding carboxylic acids is 2. The number of benzene rings is 4. The Morgan fingerprint density at radius 1 is 0.639 bits per heavy atom. The quantitative estimate of drug-likeness (QED) is 0.111. The van der Waals surface area contributed by atoms with E-state index in [0.717, 1.165) is 18.4 Å². The van der Waals surface area contributed by atoms with Gasteiger partial charge in [0, 0.05) is 41.8 Å². The number of sulfonamides is 1. The van der Waals surface area contributed by atoms with E-state index in [0.29, 0.717) is 0 Å². The van der Waals surface area contributed by atoms with Crippen molar-refractivity contribution in [1.82, 2.24) is 4.31 Å². The monoisotopic (exact) mass is 919 g/mol. The highest BCUT2D eigenvalue weighted by Crippen LogP contribution is 2.31. The Labute approximate surface area is 355 Å². The predicted molar refractivity (Wildman–Crippen MR) is 227 cm³/mol. The molecule has 0 saturated carbocycles. The van der Waals surface area contributed by atoms with Crippen molar-refractivity contribution in [3.8, 4) is 5.75 Å². The SMILES string of the molecule is COc1ccc(C(=O)Nc2ccc(C=Cc3ccc(NC(=O)c4ccc(S(C)(=O)=O)cc4)cc3S(=O)(=O)OC(C)C)c(S(=O)(=O)OC(C)C)c2)cc1S(=O)(=O)N1CCOCC1. The molecule has 61 heavy (non-hydrogen) atoms. The van der Waals surface area contributed by atoms with Crippen LogP contribution < -0.4 is 15.4 Å². The van der Waals surface area contributed by atoms with Gasteiger partial charge in [0.25, 0.3) is 32.1 Å². The molecule has 1 aliphatic rings. The normalized spacial score (nSPS) is 14.4. The standard InChI is InChI=1S/C40H45N3O14S4/c1-26(2)56-60(50,51)36-24-32(41-39(44)30-11-16-34(17-12-30)58(6,46)47)14-9-28(36)7-8-29-10-15-33(25-37(29)61(52,53)57-27(3)4)42-40(45)31-13-18-35(54-5)38(23-31)59(48,49)43-19-21-55-22-20-43/h7-18,23-27H,19-22H2,1-6H3,(H,41,44)(H,42,45). The zero-order valence-corrected chi connectivity index (χ0v) is 37.2. The van der Waals surface area contributed by atoms with Gasteiger partial charge in [0.2, 0.25) is 10.0 Å². The maximum atomic E-state index is 13.6. The van der Waals surface area contributed by atoms with Gasteiger partial charge in [-0.2, -0.15) is 21.1 Å². The summed E-state index contributed by atoms with van der Waals surface area (Å²) in [5.74, 6) is -1.41. The zero-order valence-electron chi connectivity index (χ0n) is 33.9. The lowest BCUT2D eigenvalue weighted by Gasteiger charge is -2.26. The number of ether oxygens (including phenoxy) is 2. The Balaban J connectivity index is 1.49. The number of amides is 2. The van der Waals surface area contributed by atoms with Gasteiger partial charge in [-0.05, 0) is 106 Å². The highest BCUT2D eigenvalue weighted by molar-refractivity contribution is 7.90. The Hall–Kier alpha value is -5.00. The van der Waals surface area contributed by atoms with Crippen LogP contribution in [0.3, 0.4) is 0 Å². The fourth-order valence-electron chi connectivity index (χ4n) is 5.93. The van der Waals surface area contributed by atoms with Crippen LogP contribution in [0.4, 0.5) is 11.4 Å². The van der Waals surface area contributed by atoms with Crippen molar-refractivity contribution in [2.24, 2.45) is 0 Å². The lowest BCUT2D eigenvalue weighted by atomic mass is 10.1. The Bertz CT molecular complexity index is 2780. The van der Waals surface area contributed by atoms with Gasteiger partial charge < -0.3 is 20.1 Å². The van der Waals surface area contributed by atoms with Gasteiger partial charge in [-0.3, -0.25) is 18.0 Å². The van der Waals surface area contributed by atoms with E-state index < -0.39 is 69.0 Å². The number of hydrogen-bond acceptors (Lipinski definition) is 14. The third-order valence-corrected chi connectivity index (χ3v) is 14.8. The van der Waals surface area contributed by atoms with E-state index in [-0.39, 0.29) is 80.4 Å². The summed E-state index contributed by atoms with van der Waals surface area (Å²) in [7, 11) is -15.3. The molecule has 1 heterocycles. The molecule has 0 radical (unpaired) electrons. The molecule has 17 nitrogen and oxygen atoms in total. The van der Waals surface area contributed by atoms with E-state index in [2.05, 4.69) is 10.6 Å². The molecule has 5 rings (SSSR count). The molecular formula is C40H45N3O14S4. The molecule has 1 saturated heterocycles. The number of rotatable bonds is 16. The molecule has 0 bridgehead atoms. The molecule has 328 valence electrons. The van der Waals surface area contributed by atoms with Crippen LogP contribution in [0.15, 0.2) is 98.4 Å². The van der Waals surface area contributed by atoms with Crippen molar-refractivity contribution in [2.75, 3.05) is 50.3 Å². The summed E-state index contributed by atoms with van der Waals surface area (Å²) >= 11 is 0. The number of carbonyl (C=O) groups is 2. The number of nitrogens with zero attached hydrogens (tertiary/aromatic N) is 1. The van der Waals surface area contributed by atoms with E-state index >= 15 is 0 Å². The van der Waals surface area contributed by atoms with Crippen molar-refractivity contribution in [3.05, 3.63) is 101 Å². The van der Waals surface area contributed by atoms with E-state index in [9.17, 15) is 43.3 Å². The molecule has 2 N–H and O–H groups in total. The van der Waals surface area contributed by atoms with Crippen LogP contribution in [0.1, 0.15) is 59.5 Å². The number of hydrogen-bond donors (Lipinski definition) is 2. The predicted octanol–water partition coefficient (Wildman–Crippen LogP) is 5.02. The summed E-state index contributed by atoms with van der Waals surface area (Å²) in [5.41, 5.74) is 0.162. The number of nitrogens with one attached hydrogen (secondary N) is 2. The second kappa shape index (κ2) is 18.9. The van der Waals surface area contributed by atoms with Crippen molar-refractivity contribution in [1.29, 1.82) is 0 Å². The molecule has 0 atom stereocenters. The first kappa shape index (κ1) is 47.1. The number of anilines is 2. The van der Waals surface area contributed by atoms with Gasteiger partial charge in [0.1, 0.15) is 20.4 Å². The summed E-state index contributed by atoms with van der Waals surface area (Å²) < 4.78 is 127. The Morgan fingerprint density at radius 3 is 1.54 bits per heavy atom. The van der Waals surface area contributed by atoms with Crippen molar-refractivity contribution >= 4 is 75.4 Å². The average molecular weight is 920 g/mol. The number of sulfone groups is 1. The average Bonchev–Trinajstić information content (AvgIpc) is 3.19. The van der Waals surface area contributed by atoms with Gasteiger partial charge in [0.15, 0.2) is 9.84 Å². The number of morpholine rings is 1. The molecule has 0 spiro atoms. The molecule has 0 unspecified atom stereocenters. The minimum absolute atomic E-state index is 0.00105. The summed E-state index contributed by atoms with van der Waals surface area (Å²) in [4.78, 5) is 25.6. The smallest absolute Gasteiger partial charge is 0.297 e. The van der Waals surface area contributed by atoms with Crippen molar-refractivity contribution in [3.63, 3.8) is 0 Å². The van der Waals surface area contributed by atoms with Gasteiger partial charge in [-0.15, -0.1) is 0 Å². The fraction of sp³-hybridized carbons (Fsp3) is 0.300. The number of methoxy groups -OCH3 is 1.